The van der Waals surface area contributed by atoms with Gasteiger partial charge in [0.15, 0.2) is 0 Å². The molecule has 1 aliphatic carbocycles. The SMILES string of the molecule is CN(C)C(=O)C(C)(C)n1cc(C([OH2+])=NC(=N)C2(c3ccc(-c4cnc(N)nc4)cc3)CCC2)cn1. The first-order valence-electron chi connectivity index (χ1n) is 11.4. The number of likely N-dealkylation sites (N-methyl/N-ethyl adjacent to an activating group) is 1. The normalized spacial score (nSPS) is 15.4. The van der Waals surface area contributed by atoms with E-state index >= 15 is 0 Å². The number of amides is 1. The van der Waals surface area contributed by atoms with Crippen molar-refractivity contribution in [2.24, 2.45) is 4.99 Å². The molecule has 3 aromatic rings. The third-order valence-electron chi connectivity index (χ3n) is 6.68. The van der Waals surface area contributed by atoms with Crippen LogP contribution in [0.15, 0.2) is 54.0 Å². The Bertz CT molecular complexity index is 1270. The van der Waals surface area contributed by atoms with Gasteiger partial charge in [0, 0.05) is 38.2 Å². The molecule has 5 N–H and O–H groups in total. The van der Waals surface area contributed by atoms with Crippen molar-refractivity contribution in [2.75, 3.05) is 19.8 Å². The van der Waals surface area contributed by atoms with Crippen molar-refractivity contribution in [2.45, 2.75) is 44.1 Å². The van der Waals surface area contributed by atoms with Gasteiger partial charge >= 0.3 is 5.90 Å². The number of nitrogens with one attached hydrogen (secondary N) is 1. The fourth-order valence-corrected chi connectivity index (χ4v) is 4.34. The summed E-state index contributed by atoms with van der Waals surface area (Å²) in [5, 5.41) is 21.6. The monoisotopic (exact) mass is 475 g/mol. The zero-order valence-electron chi connectivity index (χ0n) is 20.4. The molecule has 0 saturated heterocycles. The Morgan fingerprint density at radius 2 is 1.77 bits per heavy atom. The molecule has 1 saturated carbocycles. The predicted octanol–water partition coefficient (Wildman–Crippen LogP) is 2.32. The molecule has 0 atom stereocenters. The Kier molecular flexibility index (Phi) is 6.14. The first kappa shape index (κ1) is 24.1. The number of anilines is 1. The lowest BCUT2D eigenvalue weighted by Gasteiger charge is -2.41. The van der Waals surface area contributed by atoms with Crippen LogP contribution in [0.1, 0.15) is 44.2 Å². The molecule has 1 fully saturated rings. The molecule has 0 spiro atoms. The smallest absolute Gasteiger partial charge is 0.369 e. The quantitative estimate of drug-likeness (QED) is 0.319. The highest BCUT2D eigenvalue weighted by atomic mass is 16.3. The van der Waals surface area contributed by atoms with Crippen molar-refractivity contribution in [3.05, 3.63) is 60.2 Å². The Labute approximate surface area is 204 Å². The number of hydrogen-bond acceptors (Lipinski definition) is 6. The maximum Gasteiger partial charge on any atom is 0.369 e. The molecule has 1 aromatic carbocycles. The number of amidine groups is 1. The van der Waals surface area contributed by atoms with E-state index in [0.717, 1.165) is 36.0 Å². The number of benzene rings is 1. The molecule has 1 aliphatic rings. The molecule has 35 heavy (non-hydrogen) atoms. The van der Waals surface area contributed by atoms with E-state index in [-0.39, 0.29) is 23.6 Å². The Morgan fingerprint density at radius 3 is 2.31 bits per heavy atom. The first-order valence-corrected chi connectivity index (χ1v) is 11.4. The second-order valence-electron chi connectivity index (χ2n) is 9.58. The topological polar surface area (TPSA) is 149 Å². The number of nitrogens with zero attached hydrogens (tertiary/aromatic N) is 6. The summed E-state index contributed by atoms with van der Waals surface area (Å²) >= 11 is 0. The van der Waals surface area contributed by atoms with Gasteiger partial charge in [0.05, 0.1) is 11.6 Å². The molecule has 10 heteroatoms. The second kappa shape index (κ2) is 8.94. The minimum absolute atomic E-state index is 0.0451. The Balaban J connectivity index is 1.56. The zero-order chi connectivity index (χ0) is 25.4. The van der Waals surface area contributed by atoms with Crippen molar-refractivity contribution in [1.29, 1.82) is 5.41 Å². The van der Waals surface area contributed by atoms with Crippen molar-refractivity contribution < 1.29 is 9.90 Å². The van der Waals surface area contributed by atoms with Crippen molar-refractivity contribution >= 4 is 23.6 Å². The van der Waals surface area contributed by atoms with Gasteiger partial charge in [-0.05, 0) is 37.8 Å². The summed E-state index contributed by atoms with van der Waals surface area (Å²) in [6.07, 6.45) is 9.12. The van der Waals surface area contributed by atoms with E-state index in [1.807, 2.05) is 24.3 Å². The van der Waals surface area contributed by atoms with E-state index in [4.69, 9.17) is 16.2 Å². The predicted molar refractivity (Wildman–Crippen MR) is 136 cm³/mol. The van der Waals surface area contributed by atoms with E-state index in [9.17, 15) is 4.79 Å². The summed E-state index contributed by atoms with van der Waals surface area (Å²) in [5.74, 6) is 0.241. The summed E-state index contributed by atoms with van der Waals surface area (Å²) in [6.45, 7) is 3.55. The molecule has 0 unspecified atom stereocenters. The van der Waals surface area contributed by atoms with E-state index in [1.54, 1.807) is 46.5 Å². The first-order chi connectivity index (χ1) is 16.5. The van der Waals surface area contributed by atoms with Crippen LogP contribution in [0.25, 0.3) is 11.1 Å². The standard InChI is InChI=1S/C25H30N8O2/c1-24(2,22(35)32(3)4)33-15-18(14-30-33)20(34)31-21(26)25(10-5-11-25)19-8-6-16(7-9-19)17-12-28-23(27)29-13-17/h6-9,12-15H,5,10-11H2,1-4H3,(H2,26,31,34)(H2,27,28,29)/p+1. The van der Waals surface area contributed by atoms with E-state index in [0.29, 0.717) is 5.56 Å². The van der Waals surface area contributed by atoms with Gasteiger partial charge in [0.2, 0.25) is 11.9 Å². The van der Waals surface area contributed by atoms with Crippen LogP contribution in [-0.2, 0) is 15.7 Å². The molecule has 2 aromatic heterocycles. The number of carbonyl (C=O) groups excluding carboxylic acids is 1. The molecule has 0 aliphatic heterocycles. The second-order valence-corrected chi connectivity index (χ2v) is 9.58. The Hall–Kier alpha value is -4.08. The van der Waals surface area contributed by atoms with Gasteiger partial charge in [0.1, 0.15) is 16.9 Å². The molecule has 10 nitrogen and oxygen atoms in total. The van der Waals surface area contributed by atoms with Gasteiger partial charge in [-0.15, -0.1) is 4.99 Å². The third kappa shape index (κ3) is 4.39. The van der Waals surface area contributed by atoms with Gasteiger partial charge in [-0.25, -0.2) is 9.97 Å². The molecular weight excluding hydrogens is 444 g/mol. The molecule has 0 bridgehead atoms. The van der Waals surface area contributed by atoms with Gasteiger partial charge in [-0.3, -0.25) is 14.9 Å². The minimum Gasteiger partial charge on any atom is -0.578 e. The fraction of sp³-hybridized carbons (Fsp3) is 0.360. The fourth-order valence-electron chi connectivity index (χ4n) is 4.34. The van der Waals surface area contributed by atoms with Crippen LogP contribution in [0, 0.1) is 5.41 Å². The Morgan fingerprint density at radius 1 is 1.14 bits per heavy atom. The van der Waals surface area contributed by atoms with Gasteiger partial charge in [0.25, 0.3) is 0 Å². The molecular formula is C25H31N8O2+. The lowest BCUT2D eigenvalue weighted by Crippen LogP contribution is -2.44. The van der Waals surface area contributed by atoms with Crippen LogP contribution >= 0.6 is 0 Å². The van der Waals surface area contributed by atoms with Crippen LogP contribution < -0.4 is 5.73 Å². The van der Waals surface area contributed by atoms with Crippen LogP contribution in [0.4, 0.5) is 5.95 Å². The number of nitrogen functional groups attached to an aromatic ring is 1. The number of rotatable bonds is 6. The van der Waals surface area contributed by atoms with Crippen LogP contribution in [0.2, 0.25) is 0 Å². The maximum absolute atomic E-state index is 12.5. The van der Waals surface area contributed by atoms with Gasteiger partial charge < -0.3 is 15.7 Å². The molecule has 4 rings (SSSR count). The summed E-state index contributed by atoms with van der Waals surface area (Å²) < 4.78 is 1.54. The molecule has 182 valence electrons. The summed E-state index contributed by atoms with van der Waals surface area (Å²) in [5.41, 5.74) is 7.45. The average Bonchev–Trinajstić information content (AvgIpc) is 3.30. The number of hydrogen-bond donors (Lipinski definition) is 2. The van der Waals surface area contributed by atoms with Crippen molar-refractivity contribution in [3.63, 3.8) is 0 Å². The largest absolute Gasteiger partial charge is 0.578 e. The van der Waals surface area contributed by atoms with E-state index in [2.05, 4.69) is 20.1 Å². The lowest BCUT2D eigenvalue weighted by molar-refractivity contribution is -0.137. The molecule has 1 amide bonds. The van der Waals surface area contributed by atoms with Crippen LogP contribution in [-0.4, -0.2) is 61.5 Å². The van der Waals surface area contributed by atoms with Gasteiger partial charge in [-0.1, -0.05) is 30.7 Å². The van der Waals surface area contributed by atoms with E-state index < -0.39 is 11.0 Å². The van der Waals surface area contributed by atoms with Crippen molar-refractivity contribution in [1.82, 2.24) is 24.6 Å². The van der Waals surface area contributed by atoms with Gasteiger partial charge in [-0.2, -0.15) is 5.10 Å². The summed E-state index contributed by atoms with van der Waals surface area (Å²) in [6, 6.07) is 7.98. The lowest BCUT2D eigenvalue weighted by atomic mass is 9.63. The summed E-state index contributed by atoms with van der Waals surface area (Å²) in [7, 11) is 3.39. The highest BCUT2D eigenvalue weighted by molar-refractivity contribution is 6.04. The van der Waals surface area contributed by atoms with Crippen molar-refractivity contribution in [3.8, 4) is 11.1 Å². The molecule has 0 radical (unpaired) electrons. The number of aromatic nitrogens is 4. The van der Waals surface area contributed by atoms with Crippen LogP contribution in [0.5, 0.6) is 0 Å². The minimum atomic E-state index is -0.901. The molecule has 2 heterocycles. The number of nitrogens with two attached hydrogens (primary N) is 1. The zero-order valence-corrected chi connectivity index (χ0v) is 20.4. The highest BCUT2D eigenvalue weighted by Gasteiger charge is 2.44. The van der Waals surface area contributed by atoms with E-state index in [1.165, 1.54) is 15.8 Å². The third-order valence-corrected chi connectivity index (χ3v) is 6.68. The number of aliphatic imine (C=N–C) groups is 1. The average molecular weight is 476 g/mol. The summed E-state index contributed by atoms with van der Waals surface area (Å²) in [4.78, 5) is 26.5. The number of carbonyl (C=O) groups is 1. The highest BCUT2D eigenvalue weighted by Crippen LogP contribution is 2.45. The van der Waals surface area contributed by atoms with Crippen LogP contribution in [0.3, 0.4) is 0 Å². The maximum atomic E-state index is 12.5.